The minimum Gasteiger partial charge on any atom is -0.444 e. The van der Waals surface area contributed by atoms with Gasteiger partial charge in [0.2, 0.25) is 11.8 Å². The van der Waals surface area contributed by atoms with Gasteiger partial charge in [0, 0.05) is 26.6 Å². The standard InChI is InChI=1S/C32H46FN5O6/c1-32(2,3)44-30(41)34-15-18-43-22-7-5-20(6-8-22)19-37-16-13-21(14-17-37)23-9-10-24-28(27(23)33)36(4)31(42)38(24)25-11-12-26(39)35-29(25)40/h9-10,20-22,25H,5-8,11-19H2,1-4H3,(H,34,41)(H,35,39,40). The monoisotopic (exact) mass is 615 g/mol. The summed E-state index contributed by atoms with van der Waals surface area (Å²) in [7, 11) is 1.53. The number of amides is 3. The fraction of sp³-hybridized carbons (Fsp3) is 0.688. The van der Waals surface area contributed by atoms with Gasteiger partial charge in [-0.05, 0) is 102 Å². The van der Waals surface area contributed by atoms with E-state index >= 15 is 4.39 Å². The Balaban J connectivity index is 1.09. The number of fused-ring (bicyclic) bond motifs is 1. The first-order valence-electron chi connectivity index (χ1n) is 15.9. The van der Waals surface area contributed by atoms with Crippen LogP contribution in [0.1, 0.15) is 89.7 Å². The molecule has 3 amide bonds. The summed E-state index contributed by atoms with van der Waals surface area (Å²) in [5, 5.41) is 5.03. The van der Waals surface area contributed by atoms with Gasteiger partial charge >= 0.3 is 11.8 Å². The van der Waals surface area contributed by atoms with Gasteiger partial charge in [-0.2, -0.15) is 0 Å². The van der Waals surface area contributed by atoms with Crippen molar-refractivity contribution in [3.8, 4) is 0 Å². The lowest BCUT2D eigenvalue weighted by atomic mass is 9.85. The average molecular weight is 616 g/mol. The Bertz CT molecular complexity index is 1430. The fourth-order valence-electron chi connectivity index (χ4n) is 6.95. The molecule has 5 rings (SSSR count). The molecule has 11 nitrogen and oxygen atoms in total. The van der Waals surface area contributed by atoms with Crippen molar-refractivity contribution in [3.63, 3.8) is 0 Å². The first-order chi connectivity index (χ1) is 20.9. The van der Waals surface area contributed by atoms with E-state index in [1.807, 2.05) is 20.8 Å². The van der Waals surface area contributed by atoms with Gasteiger partial charge in [-0.3, -0.25) is 24.0 Å². The predicted molar refractivity (Wildman–Crippen MR) is 163 cm³/mol. The van der Waals surface area contributed by atoms with Gasteiger partial charge in [0.05, 0.1) is 18.2 Å². The molecule has 1 saturated carbocycles. The van der Waals surface area contributed by atoms with Crippen LogP contribution in [0.3, 0.4) is 0 Å². The lowest BCUT2D eigenvalue weighted by Crippen LogP contribution is -2.44. The fourth-order valence-corrected chi connectivity index (χ4v) is 6.95. The summed E-state index contributed by atoms with van der Waals surface area (Å²) < 4.78 is 29.8. The summed E-state index contributed by atoms with van der Waals surface area (Å²) in [6, 6.07) is 2.68. The van der Waals surface area contributed by atoms with E-state index in [0.717, 1.165) is 58.2 Å². The number of hydrogen-bond donors (Lipinski definition) is 2. The van der Waals surface area contributed by atoms with Crippen molar-refractivity contribution in [1.82, 2.24) is 24.7 Å². The molecule has 1 unspecified atom stereocenters. The van der Waals surface area contributed by atoms with Crippen LogP contribution in [0.2, 0.25) is 0 Å². The van der Waals surface area contributed by atoms with E-state index in [0.29, 0.717) is 30.1 Å². The molecule has 2 N–H and O–H groups in total. The molecule has 2 aromatic rings. The number of imide groups is 1. The molecular weight excluding hydrogens is 569 g/mol. The third kappa shape index (κ3) is 7.34. The number of halogens is 1. The molecule has 242 valence electrons. The first-order valence-corrected chi connectivity index (χ1v) is 15.9. The number of nitrogens with one attached hydrogen (secondary N) is 2. The molecule has 1 aromatic carbocycles. The molecule has 44 heavy (non-hydrogen) atoms. The molecule has 1 aliphatic carbocycles. The van der Waals surface area contributed by atoms with Crippen LogP contribution in [-0.2, 0) is 26.1 Å². The number of likely N-dealkylation sites (tertiary alicyclic amines) is 1. The van der Waals surface area contributed by atoms with Gasteiger partial charge in [-0.25, -0.2) is 14.0 Å². The topological polar surface area (TPSA) is 124 Å². The molecule has 0 bridgehead atoms. The summed E-state index contributed by atoms with van der Waals surface area (Å²) in [6.07, 6.45) is 6.06. The van der Waals surface area contributed by atoms with Crippen LogP contribution in [0.15, 0.2) is 16.9 Å². The summed E-state index contributed by atoms with van der Waals surface area (Å²) in [6.45, 7) is 9.23. The van der Waals surface area contributed by atoms with E-state index in [1.54, 1.807) is 12.1 Å². The number of benzene rings is 1. The number of imidazole rings is 1. The van der Waals surface area contributed by atoms with Crippen LogP contribution in [-0.4, -0.2) is 76.4 Å². The predicted octanol–water partition coefficient (Wildman–Crippen LogP) is 3.74. The highest BCUT2D eigenvalue weighted by molar-refractivity contribution is 6.00. The summed E-state index contributed by atoms with van der Waals surface area (Å²) >= 11 is 0. The Hall–Kier alpha value is -3.25. The molecule has 3 heterocycles. The van der Waals surface area contributed by atoms with Crippen molar-refractivity contribution in [2.75, 3.05) is 32.8 Å². The number of aromatic nitrogens is 2. The van der Waals surface area contributed by atoms with Crippen molar-refractivity contribution in [2.24, 2.45) is 13.0 Å². The van der Waals surface area contributed by atoms with E-state index in [-0.39, 0.29) is 36.3 Å². The van der Waals surface area contributed by atoms with Crippen molar-refractivity contribution < 1.29 is 28.2 Å². The quantitative estimate of drug-likeness (QED) is 0.343. The van der Waals surface area contributed by atoms with E-state index in [4.69, 9.17) is 9.47 Å². The summed E-state index contributed by atoms with van der Waals surface area (Å²) in [5.41, 5.74) is 0.229. The molecule has 3 aliphatic rings. The smallest absolute Gasteiger partial charge is 0.407 e. The third-order valence-electron chi connectivity index (χ3n) is 9.20. The summed E-state index contributed by atoms with van der Waals surface area (Å²) in [5.74, 6) is -0.612. The van der Waals surface area contributed by atoms with Gasteiger partial charge in [-0.1, -0.05) is 6.07 Å². The van der Waals surface area contributed by atoms with Crippen LogP contribution in [0.25, 0.3) is 11.0 Å². The number of carbonyl (C=O) groups is 3. The number of hydrogen-bond acceptors (Lipinski definition) is 7. The molecule has 3 fully saturated rings. The maximum absolute atomic E-state index is 16.0. The highest BCUT2D eigenvalue weighted by atomic mass is 19.1. The zero-order valence-corrected chi connectivity index (χ0v) is 26.3. The van der Waals surface area contributed by atoms with Crippen LogP contribution < -0.4 is 16.3 Å². The zero-order valence-electron chi connectivity index (χ0n) is 26.3. The Morgan fingerprint density at radius 3 is 2.41 bits per heavy atom. The van der Waals surface area contributed by atoms with Gasteiger partial charge in [0.25, 0.3) is 0 Å². The lowest BCUT2D eigenvalue weighted by Gasteiger charge is -2.36. The maximum atomic E-state index is 16.0. The number of rotatable bonds is 8. The normalized spacial score (nSPS) is 24.0. The first kappa shape index (κ1) is 32.2. The number of ether oxygens (including phenoxy) is 2. The minimum absolute atomic E-state index is 0.0585. The molecular formula is C32H46FN5O6. The molecule has 0 radical (unpaired) electrons. The second-order valence-electron chi connectivity index (χ2n) is 13.5. The number of piperidine rings is 2. The van der Waals surface area contributed by atoms with Gasteiger partial charge < -0.3 is 19.7 Å². The second kappa shape index (κ2) is 13.4. The van der Waals surface area contributed by atoms with Crippen LogP contribution >= 0.6 is 0 Å². The maximum Gasteiger partial charge on any atom is 0.407 e. The minimum atomic E-state index is -0.833. The molecule has 2 saturated heterocycles. The Morgan fingerprint density at radius 2 is 1.75 bits per heavy atom. The SMILES string of the molecule is Cn1c(=O)n(C2CCC(=O)NC2=O)c2ccc(C3CCN(CC4CCC(OCCNC(=O)OC(C)(C)C)CC4)CC3)c(F)c21. The average Bonchev–Trinajstić information content (AvgIpc) is 3.22. The highest BCUT2D eigenvalue weighted by Gasteiger charge is 2.33. The Morgan fingerprint density at radius 1 is 1.05 bits per heavy atom. The van der Waals surface area contributed by atoms with E-state index in [2.05, 4.69) is 15.5 Å². The largest absolute Gasteiger partial charge is 0.444 e. The summed E-state index contributed by atoms with van der Waals surface area (Å²) in [4.78, 5) is 51.4. The Labute approximate surface area is 257 Å². The number of alkyl carbamates (subject to hydrolysis) is 1. The van der Waals surface area contributed by atoms with E-state index in [9.17, 15) is 19.2 Å². The molecule has 1 atom stereocenters. The molecule has 0 spiro atoms. The lowest BCUT2D eigenvalue weighted by molar-refractivity contribution is -0.135. The van der Waals surface area contributed by atoms with Gasteiger partial charge in [-0.15, -0.1) is 0 Å². The van der Waals surface area contributed by atoms with Crippen LogP contribution in [0.5, 0.6) is 0 Å². The van der Waals surface area contributed by atoms with Crippen LogP contribution in [0.4, 0.5) is 9.18 Å². The van der Waals surface area contributed by atoms with Crippen molar-refractivity contribution in [2.45, 2.75) is 95.8 Å². The van der Waals surface area contributed by atoms with Gasteiger partial charge in [0.15, 0.2) is 5.82 Å². The van der Waals surface area contributed by atoms with Crippen molar-refractivity contribution >= 4 is 28.9 Å². The van der Waals surface area contributed by atoms with Gasteiger partial charge in [0.1, 0.15) is 17.2 Å². The number of aryl methyl sites for hydroxylation is 1. The molecule has 12 heteroatoms. The highest BCUT2D eigenvalue weighted by Crippen LogP contribution is 2.35. The number of carbonyl (C=O) groups excluding carboxylic acids is 3. The number of nitrogens with zero attached hydrogens (tertiary/aromatic N) is 3. The van der Waals surface area contributed by atoms with E-state index < -0.39 is 35.2 Å². The van der Waals surface area contributed by atoms with Crippen molar-refractivity contribution in [1.29, 1.82) is 0 Å². The van der Waals surface area contributed by atoms with Crippen molar-refractivity contribution in [3.05, 3.63) is 34.0 Å². The Kier molecular flexibility index (Phi) is 9.79. The second-order valence-corrected chi connectivity index (χ2v) is 13.5. The molecule has 2 aliphatic heterocycles. The zero-order chi connectivity index (χ0) is 31.6. The van der Waals surface area contributed by atoms with E-state index in [1.165, 1.54) is 16.2 Å². The third-order valence-corrected chi connectivity index (χ3v) is 9.20. The molecule has 1 aromatic heterocycles. The van der Waals surface area contributed by atoms with Crippen LogP contribution in [0, 0.1) is 11.7 Å².